The predicted octanol–water partition coefficient (Wildman–Crippen LogP) is 1.70. The van der Waals surface area contributed by atoms with Gasteiger partial charge in [-0.2, -0.15) is 0 Å². The summed E-state index contributed by atoms with van der Waals surface area (Å²) in [6, 6.07) is 5.79. The minimum atomic E-state index is -0.773. The van der Waals surface area contributed by atoms with Gasteiger partial charge in [0.1, 0.15) is 11.6 Å². The normalized spacial score (nSPS) is 25.9. The molecule has 0 saturated carbocycles. The van der Waals surface area contributed by atoms with Crippen molar-refractivity contribution in [2.45, 2.75) is 25.5 Å². The number of nitrogens with two attached hydrogens (primary N) is 1. The molecular weight excluding hydrogens is 232 g/mol. The van der Waals surface area contributed by atoms with E-state index in [1.807, 2.05) is 25.1 Å². The summed E-state index contributed by atoms with van der Waals surface area (Å²) in [6.45, 7) is 3.13. The Hall–Kier alpha value is -1.59. The summed E-state index contributed by atoms with van der Waals surface area (Å²) in [6.07, 6.45) is 1.67. The number of hydrogen-bond acceptors (Lipinski definition) is 5. The smallest absolute Gasteiger partial charge is 0.221 e. The summed E-state index contributed by atoms with van der Waals surface area (Å²) in [4.78, 5) is 15.0. The second-order valence-corrected chi connectivity index (χ2v) is 4.40. The fraction of sp³-hybridized carbons (Fsp3) is 0.462. The molecule has 1 atom stereocenters. The number of rotatable bonds is 2. The Labute approximate surface area is 105 Å². The van der Waals surface area contributed by atoms with Crippen LogP contribution in [0, 0.1) is 0 Å². The molecule has 2 aliphatic rings. The first-order valence-corrected chi connectivity index (χ1v) is 6.19. The quantitative estimate of drug-likeness (QED) is 0.809. The van der Waals surface area contributed by atoms with Crippen LogP contribution in [0.5, 0.6) is 5.75 Å². The van der Waals surface area contributed by atoms with E-state index in [-0.39, 0.29) is 0 Å². The van der Waals surface area contributed by atoms with Crippen LogP contribution in [0.2, 0.25) is 0 Å². The molecule has 5 heteroatoms. The largest absolute Gasteiger partial charge is 0.493 e. The molecule has 0 aliphatic carbocycles. The Morgan fingerprint density at radius 2 is 2.39 bits per heavy atom. The van der Waals surface area contributed by atoms with Crippen LogP contribution in [-0.4, -0.2) is 19.0 Å². The second-order valence-electron chi connectivity index (χ2n) is 4.40. The Morgan fingerprint density at radius 3 is 3.11 bits per heavy atom. The van der Waals surface area contributed by atoms with Crippen molar-refractivity contribution in [2.75, 3.05) is 13.2 Å². The highest BCUT2D eigenvalue weighted by atomic mass is 17.2. The molecule has 2 N–H and O–H groups in total. The van der Waals surface area contributed by atoms with Crippen LogP contribution >= 0.6 is 0 Å². The second kappa shape index (κ2) is 4.26. The topological polar surface area (TPSA) is 66.1 Å². The van der Waals surface area contributed by atoms with E-state index in [1.165, 1.54) is 0 Å². The highest BCUT2D eigenvalue weighted by Crippen LogP contribution is 2.44. The van der Waals surface area contributed by atoms with Gasteiger partial charge < -0.3 is 10.5 Å². The molecule has 1 aromatic rings. The molecule has 0 amide bonds. The summed E-state index contributed by atoms with van der Waals surface area (Å²) in [7, 11) is 0. The van der Waals surface area contributed by atoms with Crippen LogP contribution in [0.1, 0.15) is 30.9 Å². The van der Waals surface area contributed by atoms with Crippen molar-refractivity contribution >= 4 is 5.84 Å². The van der Waals surface area contributed by atoms with E-state index >= 15 is 0 Å². The maximum Gasteiger partial charge on any atom is 0.221 e. The molecule has 2 aliphatic heterocycles. The first kappa shape index (κ1) is 11.5. The summed E-state index contributed by atoms with van der Waals surface area (Å²) >= 11 is 0. The number of amidine groups is 1. The van der Waals surface area contributed by atoms with E-state index in [9.17, 15) is 0 Å². The number of benzene rings is 1. The van der Waals surface area contributed by atoms with Gasteiger partial charge in [0.25, 0.3) is 0 Å². The number of fused-ring (bicyclic) bond motifs is 2. The Balaban J connectivity index is 2.09. The lowest BCUT2D eigenvalue weighted by atomic mass is 9.95. The van der Waals surface area contributed by atoms with Gasteiger partial charge >= 0.3 is 0 Å². The Morgan fingerprint density at radius 1 is 1.50 bits per heavy atom. The van der Waals surface area contributed by atoms with E-state index in [0.29, 0.717) is 19.0 Å². The number of hydrogen-bond donors (Lipinski definition) is 1. The SMILES string of the molecule is CCOc1cccc2c1C(N)=NC21CCCOO1. The molecule has 96 valence electrons. The fourth-order valence-corrected chi connectivity index (χ4v) is 2.51. The summed E-state index contributed by atoms with van der Waals surface area (Å²) < 4.78 is 5.60. The maximum absolute atomic E-state index is 6.02. The van der Waals surface area contributed by atoms with E-state index in [4.69, 9.17) is 20.2 Å². The van der Waals surface area contributed by atoms with Gasteiger partial charge in [-0.05, 0) is 19.4 Å². The first-order valence-electron chi connectivity index (χ1n) is 6.19. The summed E-state index contributed by atoms with van der Waals surface area (Å²) in [5.74, 6) is 1.21. The molecule has 5 nitrogen and oxygen atoms in total. The maximum atomic E-state index is 6.02. The van der Waals surface area contributed by atoms with Crippen LogP contribution in [0.25, 0.3) is 0 Å². The van der Waals surface area contributed by atoms with Gasteiger partial charge in [0.15, 0.2) is 0 Å². The van der Waals surface area contributed by atoms with Crippen LogP contribution in [0.4, 0.5) is 0 Å². The van der Waals surface area contributed by atoms with E-state index in [0.717, 1.165) is 29.7 Å². The summed E-state index contributed by atoms with van der Waals surface area (Å²) in [5.41, 5.74) is 7.02. The van der Waals surface area contributed by atoms with Gasteiger partial charge in [0.2, 0.25) is 5.72 Å². The van der Waals surface area contributed by atoms with Crippen molar-refractivity contribution < 1.29 is 14.5 Å². The minimum absolute atomic E-state index is 0.458. The van der Waals surface area contributed by atoms with E-state index in [2.05, 4.69) is 4.99 Å². The van der Waals surface area contributed by atoms with Gasteiger partial charge in [-0.3, -0.25) is 0 Å². The number of nitrogens with zero attached hydrogens (tertiary/aromatic N) is 1. The lowest BCUT2D eigenvalue weighted by Gasteiger charge is -2.29. The predicted molar refractivity (Wildman–Crippen MR) is 66.3 cm³/mol. The monoisotopic (exact) mass is 248 g/mol. The van der Waals surface area contributed by atoms with E-state index < -0.39 is 5.72 Å². The molecule has 1 unspecified atom stereocenters. The van der Waals surface area contributed by atoms with Crippen molar-refractivity contribution in [1.29, 1.82) is 0 Å². The van der Waals surface area contributed by atoms with Gasteiger partial charge in [-0.1, -0.05) is 12.1 Å². The molecule has 18 heavy (non-hydrogen) atoms. The van der Waals surface area contributed by atoms with Crippen molar-refractivity contribution in [3.8, 4) is 5.75 Å². The standard InChI is InChI=1S/C13H16N2O3/c1-2-16-10-6-3-5-9-11(10)12(14)15-13(9)7-4-8-17-18-13/h3,5-6H,2,4,7-8H2,1H3,(H2,14,15). The zero-order chi connectivity index (χ0) is 12.6. The average molecular weight is 248 g/mol. The third-order valence-electron chi connectivity index (χ3n) is 3.24. The highest BCUT2D eigenvalue weighted by Gasteiger charge is 2.44. The number of ether oxygens (including phenoxy) is 1. The van der Waals surface area contributed by atoms with Gasteiger partial charge in [0, 0.05) is 12.0 Å². The molecule has 1 saturated heterocycles. The molecular formula is C13H16N2O3. The van der Waals surface area contributed by atoms with Crippen LogP contribution in [0.3, 0.4) is 0 Å². The lowest BCUT2D eigenvalue weighted by Crippen LogP contribution is -2.30. The zero-order valence-corrected chi connectivity index (χ0v) is 10.3. The number of aliphatic imine (C=N–C) groups is 1. The van der Waals surface area contributed by atoms with Crippen molar-refractivity contribution in [3.63, 3.8) is 0 Å². The molecule has 1 spiro atoms. The lowest BCUT2D eigenvalue weighted by molar-refractivity contribution is -0.386. The molecule has 1 fully saturated rings. The highest BCUT2D eigenvalue weighted by molar-refractivity contribution is 6.04. The molecule has 0 radical (unpaired) electrons. The minimum Gasteiger partial charge on any atom is -0.493 e. The van der Waals surface area contributed by atoms with Crippen LogP contribution in [-0.2, 0) is 15.5 Å². The molecule has 0 bridgehead atoms. The fourth-order valence-electron chi connectivity index (χ4n) is 2.51. The zero-order valence-electron chi connectivity index (χ0n) is 10.3. The third kappa shape index (κ3) is 1.59. The molecule has 3 rings (SSSR count). The molecule has 0 aromatic heterocycles. The first-order chi connectivity index (χ1) is 8.77. The van der Waals surface area contributed by atoms with Gasteiger partial charge in [-0.25, -0.2) is 14.8 Å². The van der Waals surface area contributed by atoms with Gasteiger partial charge in [0.05, 0.1) is 18.8 Å². The average Bonchev–Trinajstić information content (AvgIpc) is 2.65. The van der Waals surface area contributed by atoms with Crippen molar-refractivity contribution in [1.82, 2.24) is 0 Å². The third-order valence-corrected chi connectivity index (χ3v) is 3.24. The van der Waals surface area contributed by atoms with E-state index in [1.54, 1.807) is 0 Å². The molecule has 1 aromatic carbocycles. The summed E-state index contributed by atoms with van der Waals surface area (Å²) in [5, 5.41) is 0. The van der Waals surface area contributed by atoms with Crippen LogP contribution < -0.4 is 10.5 Å². The van der Waals surface area contributed by atoms with Gasteiger partial charge in [-0.15, -0.1) is 0 Å². The van der Waals surface area contributed by atoms with Crippen molar-refractivity contribution in [3.05, 3.63) is 29.3 Å². The van der Waals surface area contributed by atoms with Crippen molar-refractivity contribution in [2.24, 2.45) is 10.7 Å². The molecule has 2 heterocycles. The van der Waals surface area contributed by atoms with Crippen LogP contribution in [0.15, 0.2) is 23.2 Å². The Bertz CT molecular complexity index is 493. The Kier molecular flexibility index (Phi) is 2.72.